The van der Waals surface area contributed by atoms with Gasteiger partial charge in [-0.25, -0.2) is 0 Å². The molecule has 0 amide bonds. The molecule has 0 aromatic heterocycles. The molecular formula is C12H18ClNO. The largest absolute Gasteiger partial charge is 0.377 e. The van der Waals surface area contributed by atoms with Crippen LogP contribution in [0.15, 0.2) is 24.3 Å². The summed E-state index contributed by atoms with van der Waals surface area (Å²) in [6, 6.07) is 7.80. The van der Waals surface area contributed by atoms with E-state index in [2.05, 4.69) is 0 Å². The SMILES string of the molecule is CC(C)OCC(N)Cc1cccc(Cl)c1. The van der Waals surface area contributed by atoms with Crippen LogP contribution in [-0.4, -0.2) is 18.8 Å². The standard InChI is InChI=1S/C12H18ClNO/c1-9(2)15-8-12(14)7-10-4-3-5-11(13)6-10/h3-6,9,12H,7-8,14H2,1-2H3. The van der Waals surface area contributed by atoms with Crippen molar-refractivity contribution in [3.63, 3.8) is 0 Å². The Labute approximate surface area is 96.4 Å². The fourth-order valence-corrected chi connectivity index (χ4v) is 1.55. The Bertz CT molecular complexity index is 301. The van der Waals surface area contributed by atoms with Gasteiger partial charge in [-0.05, 0) is 38.0 Å². The zero-order valence-corrected chi connectivity index (χ0v) is 10.00. The molecule has 1 aromatic carbocycles. The number of hydrogen-bond donors (Lipinski definition) is 1. The molecule has 1 aromatic rings. The van der Waals surface area contributed by atoms with E-state index in [1.165, 1.54) is 0 Å². The summed E-state index contributed by atoms with van der Waals surface area (Å²) in [5.41, 5.74) is 7.09. The van der Waals surface area contributed by atoms with Crippen molar-refractivity contribution in [2.45, 2.75) is 32.4 Å². The van der Waals surface area contributed by atoms with E-state index in [-0.39, 0.29) is 12.1 Å². The average molecular weight is 228 g/mol. The van der Waals surface area contributed by atoms with Gasteiger partial charge in [0.15, 0.2) is 0 Å². The lowest BCUT2D eigenvalue weighted by Gasteiger charge is -2.14. The lowest BCUT2D eigenvalue weighted by molar-refractivity contribution is 0.0684. The second-order valence-corrected chi connectivity index (χ2v) is 4.41. The molecule has 2 N–H and O–H groups in total. The van der Waals surface area contributed by atoms with Gasteiger partial charge in [-0.2, -0.15) is 0 Å². The molecule has 0 spiro atoms. The highest BCUT2D eigenvalue weighted by Gasteiger charge is 2.05. The molecule has 0 aliphatic heterocycles. The third kappa shape index (κ3) is 5.17. The van der Waals surface area contributed by atoms with Crippen molar-refractivity contribution >= 4 is 11.6 Å². The van der Waals surface area contributed by atoms with Crippen LogP contribution < -0.4 is 5.73 Å². The van der Waals surface area contributed by atoms with Gasteiger partial charge >= 0.3 is 0 Å². The molecule has 0 aliphatic carbocycles. The van der Waals surface area contributed by atoms with Gasteiger partial charge in [0, 0.05) is 11.1 Å². The molecule has 84 valence electrons. The van der Waals surface area contributed by atoms with E-state index in [0.29, 0.717) is 6.61 Å². The van der Waals surface area contributed by atoms with Crippen LogP contribution in [0.3, 0.4) is 0 Å². The summed E-state index contributed by atoms with van der Waals surface area (Å²) < 4.78 is 5.45. The second-order valence-electron chi connectivity index (χ2n) is 3.98. The first kappa shape index (κ1) is 12.5. The normalized spacial score (nSPS) is 13.1. The predicted molar refractivity (Wildman–Crippen MR) is 64.2 cm³/mol. The molecule has 2 nitrogen and oxygen atoms in total. The molecule has 0 saturated heterocycles. The van der Waals surface area contributed by atoms with Gasteiger partial charge in [0.1, 0.15) is 0 Å². The number of nitrogens with two attached hydrogens (primary N) is 1. The van der Waals surface area contributed by atoms with Crippen LogP contribution in [0.5, 0.6) is 0 Å². The zero-order valence-electron chi connectivity index (χ0n) is 9.24. The summed E-state index contributed by atoms with van der Waals surface area (Å²) >= 11 is 5.88. The Hall–Kier alpha value is -0.570. The maximum absolute atomic E-state index is 5.94. The van der Waals surface area contributed by atoms with Crippen molar-refractivity contribution in [1.82, 2.24) is 0 Å². The Balaban J connectivity index is 2.40. The molecule has 0 bridgehead atoms. The van der Waals surface area contributed by atoms with Gasteiger partial charge in [-0.3, -0.25) is 0 Å². The minimum Gasteiger partial charge on any atom is -0.377 e. The van der Waals surface area contributed by atoms with E-state index >= 15 is 0 Å². The van der Waals surface area contributed by atoms with E-state index in [1.807, 2.05) is 38.1 Å². The van der Waals surface area contributed by atoms with Crippen LogP contribution in [0.4, 0.5) is 0 Å². The van der Waals surface area contributed by atoms with E-state index in [0.717, 1.165) is 17.0 Å². The Morgan fingerprint density at radius 3 is 2.73 bits per heavy atom. The smallest absolute Gasteiger partial charge is 0.0624 e. The maximum Gasteiger partial charge on any atom is 0.0624 e. The molecule has 0 fully saturated rings. The maximum atomic E-state index is 5.94. The van der Waals surface area contributed by atoms with Crippen molar-refractivity contribution in [2.75, 3.05) is 6.61 Å². The highest BCUT2D eigenvalue weighted by molar-refractivity contribution is 6.30. The number of ether oxygens (including phenoxy) is 1. The first-order valence-corrected chi connectivity index (χ1v) is 5.57. The van der Waals surface area contributed by atoms with Crippen molar-refractivity contribution in [1.29, 1.82) is 0 Å². The highest BCUT2D eigenvalue weighted by Crippen LogP contribution is 2.12. The molecule has 15 heavy (non-hydrogen) atoms. The van der Waals surface area contributed by atoms with Gasteiger partial charge in [0.25, 0.3) is 0 Å². The Morgan fingerprint density at radius 1 is 1.40 bits per heavy atom. The zero-order chi connectivity index (χ0) is 11.3. The van der Waals surface area contributed by atoms with Crippen molar-refractivity contribution in [2.24, 2.45) is 5.73 Å². The quantitative estimate of drug-likeness (QED) is 0.840. The third-order valence-corrected chi connectivity index (χ3v) is 2.27. The van der Waals surface area contributed by atoms with Crippen LogP contribution in [-0.2, 0) is 11.2 Å². The number of halogens is 1. The Morgan fingerprint density at radius 2 is 2.13 bits per heavy atom. The fraction of sp³-hybridized carbons (Fsp3) is 0.500. The van der Waals surface area contributed by atoms with E-state index in [4.69, 9.17) is 22.1 Å². The first-order valence-electron chi connectivity index (χ1n) is 5.19. The lowest BCUT2D eigenvalue weighted by atomic mass is 10.1. The molecule has 3 heteroatoms. The van der Waals surface area contributed by atoms with Gasteiger partial charge in [0.05, 0.1) is 12.7 Å². The van der Waals surface area contributed by atoms with Crippen LogP contribution in [0, 0.1) is 0 Å². The summed E-state index contributed by atoms with van der Waals surface area (Å²) in [5.74, 6) is 0. The summed E-state index contributed by atoms with van der Waals surface area (Å²) in [6.45, 7) is 4.60. The number of benzene rings is 1. The minimum atomic E-state index is 0.0332. The monoisotopic (exact) mass is 227 g/mol. The summed E-state index contributed by atoms with van der Waals surface area (Å²) in [4.78, 5) is 0. The molecule has 1 rings (SSSR count). The number of hydrogen-bond acceptors (Lipinski definition) is 2. The molecule has 0 saturated carbocycles. The highest BCUT2D eigenvalue weighted by atomic mass is 35.5. The predicted octanol–water partition coefficient (Wildman–Crippen LogP) is 2.63. The van der Waals surface area contributed by atoms with E-state index in [9.17, 15) is 0 Å². The van der Waals surface area contributed by atoms with Crippen LogP contribution in [0.1, 0.15) is 19.4 Å². The number of rotatable bonds is 5. The molecule has 0 radical (unpaired) electrons. The molecule has 1 unspecified atom stereocenters. The van der Waals surface area contributed by atoms with Gasteiger partial charge in [0.2, 0.25) is 0 Å². The molecular weight excluding hydrogens is 210 g/mol. The average Bonchev–Trinajstić information content (AvgIpc) is 2.15. The summed E-state index contributed by atoms with van der Waals surface area (Å²) in [6.07, 6.45) is 1.03. The van der Waals surface area contributed by atoms with Gasteiger partial charge < -0.3 is 10.5 Å². The van der Waals surface area contributed by atoms with E-state index < -0.39 is 0 Å². The van der Waals surface area contributed by atoms with Crippen molar-refractivity contribution in [3.05, 3.63) is 34.9 Å². The van der Waals surface area contributed by atoms with Crippen molar-refractivity contribution < 1.29 is 4.74 Å². The molecule has 0 aliphatic rings. The Kier molecular flexibility index (Phi) is 5.09. The second kappa shape index (κ2) is 6.11. The van der Waals surface area contributed by atoms with Crippen LogP contribution in [0.2, 0.25) is 5.02 Å². The van der Waals surface area contributed by atoms with Gasteiger partial charge in [-0.1, -0.05) is 23.7 Å². The minimum absolute atomic E-state index is 0.0332. The topological polar surface area (TPSA) is 35.2 Å². The lowest BCUT2D eigenvalue weighted by Crippen LogP contribution is -2.30. The van der Waals surface area contributed by atoms with Crippen LogP contribution >= 0.6 is 11.6 Å². The van der Waals surface area contributed by atoms with Gasteiger partial charge in [-0.15, -0.1) is 0 Å². The molecule has 0 heterocycles. The fourth-order valence-electron chi connectivity index (χ4n) is 1.34. The molecule has 1 atom stereocenters. The summed E-state index contributed by atoms with van der Waals surface area (Å²) in [7, 11) is 0. The third-order valence-electron chi connectivity index (χ3n) is 2.03. The summed E-state index contributed by atoms with van der Waals surface area (Å²) in [5, 5.41) is 0.754. The van der Waals surface area contributed by atoms with Crippen molar-refractivity contribution in [3.8, 4) is 0 Å². The first-order chi connectivity index (χ1) is 7.08. The van der Waals surface area contributed by atoms with E-state index in [1.54, 1.807) is 0 Å². The van der Waals surface area contributed by atoms with Crippen LogP contribution in [0.25, 0.3) is 0 Å².